The summed E-state index contributed by atoms with van der Waals surface area (Å²) in [4.78, 5) is 0. The zero-order valence-electron chi connectivity index (χ0n) is 12.6. The van der Waals surface area contributed by atoms with Crippen LogP contribution < -0.4 is 11.1 Å². The molecule has 0 aromatic heterocycles. The van der Waals surface area contributed by atoms with Crippen LogP contribution >= 0.6 is 0 Å². The first kappa shape index (κ1) is 16.1. The minimum atomic E-state index is -0.171. The van der Waals surface area contributed by atoms with Crippen molar-refractivity contribution in [3.8, 4) is 0 Å². The zero-order chi connectivity index (χ0) is 14.5. The van der Waals surface area contributed by atoms with Gasteiger partial charge in [0.1, 0.15) is 5.82 Å². The SMILES string of the molecule is CC(C)(N)CCCNCC(C)(C)c1cccc(F)c1. The molecule has 0 aliphatic carbocycles. The summed E-state index contributed by atoms with van der Waals surface area (Å²) < 4.78 is 13.2. The smallest absolute Gasteiger partial charge is 0.123 e. The van der Waals surface area contributed by atoms with E-state index in [1.54, 1.807) is 12.1 Å². The average Bonchev–Trinajstić information content (AvgIpc) is 2.27. The van der Waals surface area contributed by atoms with Gasteiger partial charge in [-0.15, -0.1) is 0 Å². The van der Waals surface area contributed by atoms with Gasteiger partial charge in [0.2, 0.25) is 0 Å². The summed E-state index contributed by atoms with van der Waals surface area (Å²) in [6.07, 6.45) is 2.06. The minimum Gasteiger partial charge on any atom is -0.326 e. The lowest BCUT2D eigenvalue weighted by Gasteiger charge is -2.26. The van der Waals surface area contributed by atoms with Gasteiger partial charge in [0.05, 0.1) is 0 Å². The Kier molecular flexibility index (Phi) is 5.50. The van der Waals surface area contributed by atoms with E-state index >= 15 is 0 Å². The van der Waals surface area contributed by atoms with Crippen molar-refractivity contribution in [3.63, 3.8) is 0 Å². The minimum absolute atomic E-state index is 0.0691. The molecule has 108 valence electrons. The third-order valence-electron chi connectivity index (χ3n) is 3.35. The van der Waals surface area contributed by atoms with Crippen LogP contribution in [0, 0.1) is 5.82 Å². The van der Waals surface area contributed by atoms with E-state index < -0.39 is 0 Å². The third-order valence-corrected chi connectivity index (χ3v) is 3.35. The maximum atomic E-state index is 13.2. The normalized spacial score (nSPS) is 12.7. The molecule has 19 heavy (non-hydrogen) atoms. The fourth-order valence-corrected chi connectivity index (χ4v) is 2.08. The molecule has 1 aromatic carbocycles. The molecule has 0 fully saturated rings. The summed E-state index contributed by atoms with van der Waals surface area (Å²) in [7, 11) is 0. The number of hydrogen-bond acceptors (Lipinski definition) is 2. The van der Waals surface area contributed by atoms with E-state index in [1.807, 2.05) is 19.9 Å². The second-order valence-electron chi connectivity index (χ2n) is 6.66. The molecule has 0 unspecified atom stereocenters. The lowest BCUT2D eigenvalue weighted by atomic mass is 9.84. The summed E-state index contributed by atoms with van der Waals surface area (Å²) in [5.74, 6) is -0.171. The highest BCUT2D eigenvalue weighted by Gasteiger charge is 2.20. The van der Waals surface area contributed by atoms with E-state index in [1.165, 1.54) is 6.07 Å². The van der Waals surface area contributed by atoms with Crippen molar-refractivity contribution in [2.24, 2.45) is 5.73 Å². The van der Waals surface area contributed by atoms with Crippen molar-refractivity contribution >= 4 is 0 Å². The highest BCUT2D eigenvalue weighted by atomic mass is 19.1. The number of benzene rings is 1. The molecule has 0 atom stereocenters. The molecule has 0 aliphatic heterocycles. The van der Waals surface area contributed by atoms with Gasteiger partial charge in [-0.2, -0.15) is 0 Å². The Bertz CT molecular complexity index is 394. The van der Waals surface area contributed by atoms with Crippen LogP contribution in [-0.2, 0) is 5.41 Å². The van der Waals surface area contributed by atoms with Crippen LogP contribution in [0.15, 0.2) is 24.3 Å². The van der Waals surface area contributed by atoms with Crippen molar-refractivity contribution in [1.82, 2.24) is 5.32 Å². The van der Waals surface area contributed by atoms with Crippen molar-refractivity contribution in [1.29, 1.82) is 0 Å². The van der Waals surface area contributed by atoms with E-state index in [-0.39, 0.29) is 16.8 Å². The number of nitrogens with one attached hydrogen (secondary N) is 1. The molecule has 3 N–H and O–H groups in total. The predicted molar refractivity (Wildman–Crippen MR) is 79.8 cm³/mol. The molecule has 0 heterocycles. The molecule has 3 heteroatoms. The van der Waals surface area contributed by atoms with Crippen LogP contribution in [0.4, 0.5) is 4.39 Å². The summed E-state index contributed by atoms with van der Waals surface area (Å²) in [6, 6.07) is 6.85. The molecule has 1 aromatic rings. The highest BCUT2D eigenvalue weighted by Crippen LogP contribution is 2.22. The molecule has 0 amide bonds. The van der Waals surface area contributed by atoms with Gasteiger partial charge >= 0.3 is 0 Å². The van der Waals surface area contributed by atoms with Crippen LogP contribution in [0.5, 0.6) is 0 Å². The maximum absolute atomic E-state index is 13.2. The van der Waals surface area contributed by atoms with Crippen molar-refractivity contribution in [2.75, 3.05) is 13.1 Å². The zero-order valence-corrected chi connectivity index (χ0v) is 12.6. The largest absolute Gasteiger partial charge is 0.326 e. The molecule has 0 radical (unpaired) electrons. The lowest BCUT2D eigenvalue weighted by Crippen LogP contribution is -2.36. The van der Waals surface area contributed by atoms with E-state index in [9.17, 15) is 4.39 Å². The van der Waals surface area contributed by atoms with Crippen LogP contribution in [0.1, 0.15) is 46.1 Å². The van der Waals surface area contributed by atoms with Gasteiger partial charge in [0, 0.05) is 17.5 Å². The fraction of sp³-hybridized carbons (Fsp3) is 0.625. The van der Waals surface area contributed by atoms with Gasteiger partial charge in [-0.25, -0.2) is 4.39 Å². The van der Waals surface area contributed by atoms with E-state index in [0.717, 1.165) is 31.5 Å². The Labute approximate surface area is 116 Å². The van der Waals surface area contributed by atoms with E-state index in [2.05, 4.69) is 19.2 Å². The van der Waals surface area contributed by atoms with Crippen molar-refractivity contribution in [3.05, 3.63) is 35.6 Å². The molecule has 0 bridgehead atoms. The number of nitrogens with two attached hydrogens (primary N) is 1. The van der Waals surface area contributed by atoms with Crippen LogP contribution in [0.25, 0.3) is 0 Å². The van der Waals surface area contributed by atoms with Crippen LogP contribution in [0.3, 0.4) is 0 Å². The van der Waals surface area contributed by atoms with E-state index in [0.29, 0.717) is 0 Å². The Morgan fingerprint density at radius 1 is 1.21 bits per heavy atom. The average molecular weight is 266 g/mol. The van der Waals surface area contributed by atoms with Gasteiger partial charge in [0.15, 0.2) is 0 Å². The summed E-state index contributed by atoms with van der Waals surface area (Å²) in [5, 5.41) is 3.44. The molecular weight excluding hydrogens is 239 g/mol. The van der Waals surface area contributed by atoms with Gasteiger partial charge < -0.3 is 11.1 Å². The topological polar surface area (TPSA) is 38.0 Å². The summed E-state index contributed by atoms with van der Waals surface area (Å²) in [6.45, 7) is 10.1. The Morgan fingerprint density at radius 2 is 1.89 bits per heavy atom. The summed E-state index contributed by atoms with van der Waals surface area (Å²) >= 11 is 0. The first-order valence-corrected chi connectivity index (χ1v) is 6.96. The first-order chi connectivity index (χ1) is 8.71. The molecule has 2 nitrogen and oxygen atoms in total. The van der Waals surface area contributed by atoms with Crippen LogP contribution in [0.2, 0.25) is 0 Å². The van der Waals surface area contributed by atoms with Gasteiger partial charge in [-0.3, -0.25) is 0 Å². The van der Waals surface area contributed by atoms with Crippen LogP contribution in [-0.4, -0.2) is 18.6 Å². The molecule has 1 rings (SSSR count). The van der Waals surface area contributed by atoms with Crippen molar-refractivity contribution < 1.29 is 4.39 Å². The monoisotopic (exact) mass is 266 g/mol. The molecule has 0 saturated heterocycles. The molecular formula is C16H27FN2. The Balaban J connectivity index is 2.39. The maximum Gasteiger partial charge on any atom is 0.123 e. The summed E-state index contributed by atoms with van der Waals surface area (Å²) in [5.41, 5.74) is 6.80. The van der Waals surface area contributed by atoms with Gasteiger partial charge in [-0.05, 0) is 50.9 Å². The number of hydrogen-bond donors (Lipinski definition) is 2. The molecule has 0 saturated carbocycles. The van der Waals surface area contributed by atoms with E-state index in [4.69, 9.17) is 5.73 Å². The van der Waals surface area contributed by atoms with Gasteiger partial charge in [-0.1, -0.05) is 26.0 Å². The second-order valence-corrected chi connectivity index (χ2v) is 6.66. The molecule has 0 aliphatic rings. The lowest BCUT2D eigenvalue weighted by molar-refractivity contribution is 0.423. The standard InChI is InChI=1S/C16H27FN2/c1-15(2,13-7-5-8-14(17)11-13)12-19-10-6-9-16(3,4)18/h5,7-8,11,19H,6,9-10,12,18H2,1-4H3. The third kappa shape index (κ3) is 6.17. The van der Waals surface area contributed by atoms with Gasteiger partial charge in [0.25, 0.3) is 0 Å². The molecule has 0 spiro atoms. The number of halogens is 1. The van der Waals surface area contributed by atoms with Crippen molar-refractivity contribution in [2.45, 2.75) is 51.5 Å². The highest BCUT2D eigenvalue weighted by molar-refractivity contribution is 5.24. The quantitative estimate of drug-likeness (QED) is 0.744. The fourth-order valence-electron chi connectivity index (χ4n) is 2.08. The predicted octanol–water partition coefficient (Wildman–Crippen LogP) is 3.21. The first-order valence-electron chi connectivity index (χ1n) is 6.96. The Hall–Kier alpha value is -0.930. The Morgan fingerprint density at radius 3 is 2.47 bits per heavy atom. The second kappa shape index (κ2) is 6.49. The number of rotatable bonds is 7.